The van der Waals surface area contributed by atoms with Crippen LogP contribution < -0.4 is 16.4 Å². The number of nitrogens with zero attached hydrogens (tertiary/aromatic N) is 1. The van der Waals surface area contributed by atoms with Crippen molar-refractivity contribution in [3.8, 4) is 11.3 Å². The van der Waals surface area contributed by atoms with Crippen LogP contribution in [0.4, 0.5) is 5.95 Å². The second-order valence-electron chi connectivity index (χ2n) is 4.13. The number of benzene rings is 1. The van der Waals surface area contributed by atoms with Crippen molar-refractivity contribution in [2.75, 3.05) is 18.6 Å². The lowest BCUT2D eigenvalue weighted by atomic mass is 10.1. The Morgan fingerprint density at radius 1 is 1.33 bits per heavy atom. The summed E-state index contributed by atoms with van der Waals surface area (Å²) in [6, 6.07) is 10.7. The van der Waals surface area contributed by atoms with Gasteiger partial charge >= 0.3 is 5.97 Å². The molecule has 3 N–H and O–H groups in total. The maximum atomic E-state index is 11.6. The van der Waals surface area contributed by atoms with Gasteiger partial charge in [-0.15, -0.1) is 0 Å². The standard InChI is InChI=1S/C14H16N4O3/c1-2-21-13(20)9-15-18-14-16-11(8-12(19)17-14)10-6-4-3-5-7-10/h3-8,15H,2,9H2,1H3,(H2,16,17,18,19). The van der Waals surface area contributed by atoms with Crippen LogP contribution in [0.1, 0.15) is 6.92 Å². The molecule has 0 aliphatic heterocycles. The third-order valence-electron chi connectivity index (χ3n) is 2.56. The molecule has 0 amide bonds. The van der Waals surface area contributed by atoms with Crippen molar-refractivity contribution in [3.05, 3.63) is 46.8 Å². The van der Waals surface area contributed by atoms with Gasteiger partial charge in [0.15, 0.2) is 0 Å². The van der Waals surface area contributed by atoms with Gasteiger partial charge in [0.25, 0.3) is 5.56 Å². The Bertz CT molecular complexity index is 655. The highest BCUT2D eigenvalue weighted by Gasteiger charge is 2.04. The summed E-state index contributed by atoms with van der Waals surface area (Å²) >= 11 is 0. The Labute approximate surface area is 121 Å². The van der Waals surface area contributed by atoms with Crippen molar-refractivity contribution in [1.29, 1.82) is 0 Å². The monoisotopic (exact) mass is 288 g/mol. The predicted molar refractivity (Wildman–Crippen MR) is 78.6 cm³/mol. The molecular formula is C14H16N4O3. The number of nitrogens with one attached hydrogen (secondary N) is 3. The van der Waals surface area contributed by atoms with E-state index in [-0.39, 0.29) is 18.1 Å². The fourth-order valence-corrected chi connectivity index (χ4v) is 1.69. The molecule has 7 heteroatoms. The molecule has 0 bridgehead atoms. The van der Waals surface area contributed by atoms with E-state index in [2.05, 4.69) is 20.8 Å². The molecule has 1 aromatic carbocycles. The number of hydrogen-bond acceptors (Lipinski definition) is 6. The van der Waals surface area contributed by atoms with Gasteiger partial charge in [-0.3, -0.25) is 20.0 Å². The number of hydrazine groups is 1. The molecule has 0 radical (unpaired) electrons. The van der Waals surface area contributed by atoms with Crippen molar-refractivity contribution >= 4 is 11.9 Å². The van der Waals surface area contributed by atoms with E-state index in [1.807, 2.05) is 30.3 Å². The number of hydrogen-bond donors (Lipinski definition) is 3. The van der Waals surface area contributed by atoms with Gasteiger partial charge in [0.1, 0.15) is 6.54 Å². The molecule has 1 heterocycles. The van der Waals surface area contributed by atoms with Gasteiger partial charge < -0.3 is 4.74 Å². The normalized spacial score (nSPS) is 10.1. The Morgan fingerprint density at radius 2 is 2.10 bits per heavy atom. The van der Waals surface area contributed by atoms with Gasteiger partial charge in [-0.25, -0.2) is 10.4 Å². The first-order valence-electron chi connectivity index (χ1n) is 6.50. The largest absolute Gasteiger partial charge is 0.465 e. The molecule has 0 aliphatic carbocycles. The third-order valence-corrected chi connectivity index (χ3v) is 2.56. The fourth-order valence-electron chi connectivity index (χ4n) is 1.69. The summed E-state index contributed by atoms with van der Waals surface area (Å²) in [4.78, 5) is 29.6. The number of anilines is 1. The molecule has 0 aliphatic rings. The molecule has 110 valence electrons. The van der Waals surface area contributed by atoms with Gasteiger partial charge in [-0.2, -0.15) is 0 Å². The minimum atomic E-state index is -0.397. The van der Waals surface area contributed by atoms with Gasteiger partial charge in [0, 0.05) is 11.6 Å². The Balaban J connectivity index is 2.06. The highest BCUT2D eigenvalue weighted by atomic mass is 16.5. The van der Waals surface area contributed by atoms with E-state index in [0.29, 0.717) is 12.3 Å². The van der Waals surface area contributed by atoms with Crippen LogP contribution in [-0.4, -0.2) is 29.1 Å². The van der Waals surface area contributed by atoms with E-state index in [9.17, 15) is 9.59 Å². The van der Waals surface area contributed by atoms with Gasteiger partial charge in [-0.05, 0) is 6.92 Å². The highest BCUT2D eigenvalue weighted by molar-refractivity contribution is 5.71. The summed E-state index contributed by atoms with van der Waals surface area (Å²) < 4.78 is 4.76. The molecule has 21 heavy (non-hydrogen) atoms. The van der Waals surface area contributed by atoms with Crippen LogP contribution in [0.15, 0.2) is 41.2 Å². The Morgan fingerprint density at radius 3 is 2.81 bits per heavy atom. The zero-order valence-corrected chi connectivity index (χ0v) is 11.6. The lowest BCUT2D eigenvalue weighted by Gasteiger charge is -2.08. The second kappa shape index (κ2) is 7.20. The number of rotatable bonds is 6. The highest BCUT2D eigenvalue weighted by Crippen LogP contribution is 2.14. The topological polar surface area (TPSA) is 96.1 Å². The number of carbonyl (C=O) groups excluding carboxylic acids is 1. The van der Waals surface area contributed by atoms with Crippen molar-refractivity contribution in [1.82, 2.24) is 15.4 Å². The SMILES string of the molecule is CCOC(=O)CNNc1nc(-c2ccccc2)cc(=O)[nH]1. The molecule has 0 fully saturated rings. The quantitative estimate of drug-likeness (QED) is 0.540. The smallest absolute Gasteiger partial charge is 0.321 e. The van der Waals surface area contributed by atoms with Crippen LogP contribution in [0.2, 0.25) is 0 Å². The zero-order chi connectivity index (χ0) is 15.1. The first-order valence-corrected chi connectivity index (χ1v) is 6.50. The maximum absolute atomic E-state index is 11.6. The predicted octanol–water partition coefficient (Wildman–Crippen LogP) is 0.916. The van der Waals surface area contributed by atoms with Crippen LogP contribution in [0, 0.1) is 0 Å². The molecule has 2 rings (SSSR count). The molecule has 0 spiro atoms. The number of aromatic amines is 1. The van der Waals surface area contributed by atoms with E-state index in [1.54, 1.807) is 6.92 Å². The molecule has 0 saturated heterocycles. The van der Waals surface area contributed by atoms with Crippen molar-refractivity contribution < 1.29 is 9.53 Å². The van der Waals surface area contributed by atoms with Crippen molar-refractivity contribution in [3.63, 3.8) is 0 Å². The average molecular weight is 288 g/mol. The minimum absolute atomic E-state index is 0.0346. The molecule has 0 atom stereocenters. The number of esters is 1. The fraction of sp³-hybridized carbons (Fsp3) is 0.214. The van der Waals surface area contributed by atoms with Crippen LogP contribution in [0.3, 0.4) is 0 Å². The number of carbonyl (C=O) groups is 1. The third kappa shape index (κ3) is 4.43. The molecule has 0 unspecified atom stereocenters. The van der Waals surface area contributed by atoms with Crippen molar-refractivity contribution in [2.45, 2.75) is 6.92 Å². The molecule has 7 nitrogen and oxygen atoms in total. The molecule has 1 aromatic heterocycles. The van der Waals surface area contributed by atoms with Crippen LogP contribution >= 0.6 is 0 Å². The first-order chi connectivity index (χ1) is 10.2. The lowest BCUT2D eigenvalue weighted by Crippen LogP contribution is -2.31. The molecule has 2 aromatic rings. The number of ether oxygens (including phenoxy) is 1. The minimum Gasteiger partial charge on any atom is -0.465 e. The molecule has 0 saturated carbocycles. The summed E-state index contributed by atoms with van der Waals surface area (Å²) in [7, 11) is 0. The zero-order valence-electron chi connectivity index (χ0n) is 11.6. The average Bonchev–Trinajstić information content (AvgIpc) is 2.48. The van der Waals surface area contributed by atoms with E-state index < -0.39 is 5.97 Å². The summed E-state index contributed by atoms with van der Waals surface area (Å²) in [6.45, 7) is 2.01. The van der Waals surface area contributed by atoms with E-state index in [0.717, 1.165) is 5.56 Å². The summed E-state index contributed by atoms with van der Waals surface area (Å²) in [5.41, 5.74) is 6.39. The van der Waals surface area contributed by atoms with Gasteiger partial charge in [0.2, 0.25) is 5.95 Å². The van der Waals surface area contributed by atoms with E-state index in [4.69, 9.17) is 4.74 Å². The van der Waals surface area contributed by atoms with Crippen LogP contribution in [0.25, 0.3) is 11.3 Å². The number of H-pyrrole nitrogens is 1. The first kappa shape index (κ1) is 14.7. The van der Waals surface area contributed by atoms with Gasteiger partial charge in [0.05, 0.1) is 12.3 Å². The summed E-state index contributed by atoms with van der Waals surface area (Å²) in [5, 5.41) is 0. The van der Waals surface area contributed by atoms with Crippen molar-refractivity contribution in [2.24, 2.45) is 0 Å². The second-order valence-corrected chi connectivity index (χ2v) is 4.13. The van der Waals surface area contributed by atoms with Crippen LogP contribution in [0.5, 0.6) is 0 Å². The van der Waals surface area contributed by atoms with E-state index in [1.165, 1.54) is 6.07 Å². The van der Waals surface area contributed by atoms with E-state index >= 15 is 0 Å². The Kier molecular flexibility index (Phi) is 5.05. The summed E-state index contributed by atoms with van der Waals surface area (Å²) in [5.74, 6) is -0.169. The lowest BCUT2D eigenvalue weighted by molar-refractivity contribution is -0.141. The van der Waals surface area contributed by atoms with Gasteiger partial charge in [-0.1, -0.05) is 30.3 Å². The number of aromatic nitrogens is 2. The maximum Gasteiger partial charge on any atom is 0.321 e. The molecular weight excluding hydrogens is 272 g/mol. The summed E-state index contributed by atoms with van der Waals surface area (Å²) in [6.07, 6.45) is 0. The van der Waals surface area contributed by atoms with Crippen LogP contribution in [-0.2, 0) is 9.53 Å². The Hall–Kier alpha value is -2.67.